The van der Waals surface area contributed by atoms with Crippen molar-refractivity contribution in [1.29, 1.82) is 5.26 Å². The van der Waals surface area contributed by atoms with Crippen LogP contribution in [0.5, 0.6) is 0 Å². The Hall–Kier alpha value is -4.67. The quantitative estimate of drug-likeness (QED) is 0.400. The van der Waals surface area contributed by atoms with Gasteiger partial charge in [0.2, 0.25) is 5.52 Å². The molecule has 1 fully saturated rings. The molecule has 0 bridgehead atoms. The lowest BCUT2D eigenvalue weighted by Gasteiger charge is -2.44. The van der Waals surface area contributed by atoms with Crippen molar-refractivity contribution in [3.63, 3.8) is 0 Å². The van der Waals surface area contributed by atoms with Crippen LogP contribution in [-0.4, -0.2) is 50.1 Å². The molecular weight excluding hydrogens is 471 g/mol. The molecule has 0 saturated carbocycles. The van der Waals surface area contributed by atoms with Gasteiger partial charge in [-0.15, -0.1) is 4.98 Å². The molecule has 0 spiro atoms. The van der Waals surface area contributed by atoms with Gasteiger partial charge in [-0.05, 0) is 42.8 Å². The topological polar surface area (TPSA) is 95.3 Å². The molecule has 37 heavy (non-hydrogen) atoms. The second-order valence-electron chi connectivity index (χ2n) is 8.97. The Labute approximate surface area is 212 Å². The first-order chi connectivity index (χ1) is 17.9. The third-order valence-corrected chi connectivity index (χ3v) is 6.82. The zero-order valence-electron chi connectivity index (χ0n) is 20.3. The van der Waals surface area contributed by atoms with Crippen molar-refractivity contribution in [3.05, 3.63) is 99.4 Å². The fraction of sp³-hybridized carbons (Fsp3) is 0.259. The van der Waals surface area contributed by atoms with Gasteiger partial charge in [0.1, 0.15) is 29.5 Å². The summed E-state index contributed by atoms with van der Waals surface area (Å²) in [5, 5.41) is 9.93. The van der Waals surface area contributed by atoms with E-state index in [2.05, 4.69) is 37.7 Å². The Kier molecular flexibility index (Phi) is 6.34. The molecule has 0 radical (unpaired) electrons. The average molecular weight is 495 g/mol. The monoisotopic (exact) mass is 494 g/mol. The van der Waals surface area contributed by atoms with Crippen molar-refractivity contribution < 1.29 is 4.39 Å². The van der Waals surface area contributed by atoms with Crippen molar-refractivity contribution in [2.24, 2.45) is 7.05 Å². The van der Waals surface area contributed by atoms with Gasteiger partial charge in [-0.2, -0.15) is 5.26 Å². The molecular formula is C27H23FN8O. The summed E-state index contributed by atoms with van der Waals surface area (Å²) in [6.45, 7) is 11.0. The van der Waals surface area contributed by atoms with Gasteiger partial charge in [-0.3, -0.25) is 9.69 Å². The van der Waals surface area contributed by atoms with Crippen molar-refractivity contribution in [2.45, 2.75) is 19.0 Å². The van der Waals surface area contributed by atoms with Gasteiger partial charge in [0, 0.05) is 38.9 Å². The van der Waals surface area contributed by atoms with Crippen LogP contribution in [0, 0.1) is 23.7 Å². The molecule has 0 N–H and O–H groups in total. The number of aromatic nitrogens is 4. The third-order valence-electron chi connectivity index (χ3n) is 6.82. The van der Waals surface area contributed by atoms with Crippen LogP contribution in [0.3, 0.4) is 0 Å². The number of pyridine rings is 2. The number of rotatable bonds is 4. The van der Waals surface area contributed by atoms with E-state index >= 15 is 0 Å². The molecule has 1 saturated heterocycles. The zero-order chi connectivity index (χ0) is 26.1. The average Bonchev–Trinajstić information content (AvgIpc) is 2.93. The van der Waals surface area contributed by atoms with Crippen LogP contribution in [0.25, 0.3) is 15.9 Å². The number of benzene rings is 1. The number of hydrogen-bond donors (Lipinski definition) is 0. The van der Waals surface area contributed by atoms with E-state index in [9.17, 15) is 14.4 Å². The van der Waals surface area contributed by atoms with Gasteiger partial charge in [0.15, 0.2) is 0 Å². The lowest BCUT2D eigenvalue weighted by atomic mass is 9.98. The predicted molar refractivity (Wildman–Crippen MR) is 137 cm³/mol. The lowest BCUT2D eigenvalue weighted by molar-refractivity contribution is 0.147. The highest BCUT2D eigenvalue weighted by atomic mass is 19.1. The minimum absolute atomic E-state index is 0.0103. The van der Waals surface area contributed by atoms with Gasteiger partial charge < -0.3 is 14.3 Å². The summed E-state index contributed by atoms with van der Waals surface area (Å²) in [5.74, 6) is -0.112. The highest BCUT2D eigenvalue weighted by Gasteiger charge is 2.35. The van der Waals surface area contributed by atoms with Crippen molar-refractivity contribution in [3.8, 4) is 6.07 Å². The van der Waals surface area contributed by atoms with Crippen LogP contribution in [0.1, 0.15) is 29.8 Å². The summed E-state index contributed by atoms with van der Waals surface area (Å²) in [4.78, 5) is 33.8. The van der Waals surface area contributed by atoms with E-state index in [0.717, 1.165) is 11.3 Å². The minimum atomic E-state index is -0.400. The fourth-order valence-corrected chi connectivity index (χ4v) is 5.05. The number of fused-ring (bicyclic) bond motifs is 1. The van der Waals surface area contributed by atoms with Crippen LogP contribution in [-0.2, 0) is 7.05 Å². The molecule has 4 aromatic rings. The standard InChI is InChI=1S/C27H23FN8O/c1-17-15-35(26-20(14-29)27(37)34(3)22-8-9-23(30-2)33-24(22)26)12-13-36(17)25(21-10-11-31-16-32-21)18-4-6-19(28)7-5-18/h4-11,16-17,25H,12-13,15H2,1,3H3/t17-,25?/m1/s1. The number of aryl methyl sites for hydroxylation is 1. The maximum absolute atomic E-state index is 13.7. The van der Waals surface area contributed by atoms with E-state index in [4.69, 9.17) is 6.57 Å². The van der Waals surface area contributed by atoms with Gasteiger partial charge >= 0.3 is 0 Å². The molecule has 5 rings (SSSR count). The normalized spacial score (nSPS) is 16.8. The van der Waals surface area contributed by atoms with E-state index in [1.165, 1.54) is 23.0 Å². The van der Waals surface area contributed by atoms with Gasteiger partial charge in [-0.25, -0.2) is 14.4 Å². The Bertz CT molecular complexity index is 1610. The maximum Gasteiger partial charge on any atom is 0.271 e. The molecule has 0 amide bonds. The summed E-state index contributed by atoms with van der Waals surface area (Å²) in [6, 6.07) is 13.3. The van der Waals surface area contributed by atoms with Gasteiger partial charge in [-0.1, -0.05) is 18.7 Å². The number of halogens is 1. The third kappa shape index (κ3) is 4.28. The van der Waals surface area contributed by atoms with Crippen LogP contribution in [0.15, 0.2) is 59.8 Å². The van der Waals surface area contributed by atoms with Crippen LogP contribution < -0.4 is 10.5 Å². The van der Waals surface area contributed by atoms with Crippen LogP contribution in [0.4, 0.5) is 15.9 Å². The van der Waals surface area contributed by atoms with Crippen molar-refractivity contribution >= 4 is 22.5 Å². The highest BCUT2D eigenvalue weighted by Crippen LogP contribution is 2.34. The van der Waals surface area contributed by atoms with E-state index in [1.54, 1.807) is 37.5 Å². The molecule has 1 aliphatic heterocycles. The molecule has 9 nitrogen and oxygen atoms in total. The molecule has 0 aliphatic carbocycles. The number of nitrogens with zero attached hydrogens (tertiary/aromatic N) is 8. The number of piperazine rings is 1. The minimum Gasteiger partial charge on any atom is -0.364 e. The molecule has 2 atom stereocenters. The SMILES string of the molecule is [C-]#[N+]c1ccc2c(n1)c(N1CCN(C(c3ccc(F)cc3)c3ccncn3)[C@H](C)C1)c(C#N)c(=O)n2C. The molecule has 1 unspecified atom stereocenters. The molecule has 184 valence electrons. The lowest BCUT2D eigenvalue weighted by Crippen LogP contribution is -2.53. The Morgan fingerprint density at radius 3 is 2.62 bits per heavy atom. The van der Waals surface area contributed by atoms with Crippen molar-refractivity contribution in [2.75, 3.05) is 24.5 Å². The first-order valence-corrected chi connectivity index (χ1v) is 11.8. The number of anilines is 1. The Morgan fingerprint density at radius 2 is 1.97 bits per heavy atom. The van der Waals surface area contributed by atoms with Gasteiger partial charge in [0.05, 0.1) is 17.3 Å². The van der Waals surface area contributed by atoms with Crippen LogP contribution in [0.2, 0.25) is 0 Å². The maximum atomic E-state index is 13.7. The van der Waals surface area contributed by atoms with Crippen LogP contribution >= 0.6 is 0 Å². The summed E-state index contributed by atoms with van der Waals surface area (Å²) in [7, 11) is 1.60. The highest BCUT2D eigenvalue weighted by molar-refractivity contribution is 5.92. The molecule has 1 aliphatic rings. The predicted octanol–water partition coefficient (Wildman–Crippen LogP) is 3.59. The van der Waals surface area contributed by atoms with Crippen molar-refractivity contribution in [1.82, 2.24) is 24.4 Å². The number of hydrogen-bond acceptors (Lipinski definition) is 7. The van der Waals surface area contributed by atoms with E-state index in [0.29, 0.717) is 36.4 Å². The summed E-state index contributed by atoms with van der Waals surface area (Å²) in [6.07, 6.45) is 3.18. The first-order valence-electron chi connectivity index (χ1n) is 11.8. The smallest absolute Gasteiger partial charge is 0.271 e. The number of nitriles is 1. The second-order valence-corrected chi connectivity index (χ2v) is 8.97. The molecule has 4 heterocycles. The molecule has 10 heteroatoms. The van der Waals surface area contributed by atoms with Gasteiger partial charge in [0.25, 0.3) is 11.4 Å². The molecule has 1 aromatic carbocycles. The van der Waals surface area contributed by atoms with E-state index in [1.807, 2.05) is 11.0 Å². The first kappa shape index (κ1) is 24.0. The van der Waals surface area contributed by atoms with E-state index < -0.39 is 5.56 Å². The Morgan fingerprint density at radius 1 is 1.19 bits per heavy atom. The second kappa shape index (κ2) is 9.76. The Balaban J connectivity index is 1.56. The largest absolute Gasteiger partial charge is 0.364 e. The fourth-order valence-electron chi connectivity index (χ4n) is 5.05. The zero-order valence-corrected chi connectivity index (χ0v) is 20.3. The van der Waals surface area contributed by atoms with E-state index in [-0.39, 0.29) is 29.3 Å². The summed E-state index contributed by atoms with van der Waals surface area (Å²) < 4.78 is 15.1. The molecule has 3 aromatic heterocycles. The summed E-state index contributed by atoms with van der Waals surface area (Å²) in [5.41, 5.74) is 2.78. The summed E-state index contributed by atoms with van der Waals surface area (Å²) >= 11 is 0.